The molecule has 0 aliphatic rings. The Morgan fingerprint density at radius 2 is 1.15 bits per heavy atom. The number of sulfone groups is 1. The van der Waals surface area contributed by atoms with E-state index in [9.17, 15) is 8.42 Å². The van der Waals surface area contributed by atoms with E-state index in [0.717, 1.165) is 0 Å². The molecular formula is C13H14CrO5S. The molecule has 0 aliphatic heterocycles. The van der Waals surface area contributed by atoms with Crippen molar-refractivity contribution >= 4 is 9.84 Å². The van der Waals surface area contributed by atoms with Gasteiger partial charge in [0.1, 0.15) is 0 Å². The molecule has 5 nitrogen and oxygen atoms in total. The van der Waals surface area contributed by atoms with Crippen molar-refractivity contribution in [2.75, 3.05) is 0 Å². The smallest absolute Gasteiger partial charge is 0 e. The van der Waals surface area contributed by atoms with E-state index in [1.54, 1.807) is 45.0 Å². The van der Waals surface area contributed by atoms with Crippen LogP contribution < -0.4 is 0 Å². The summed E-state index contributed by atoms with van der Waals surface area (Å²) in [5.41, 5.74) is 0. The average Bonchev–Trinajstić information content (AvgIpc) is 2.45. The van der Waals surface area contributed by atoms with Crippen molar-refractivity contribution < 1.29 is 39.7 Å². The van der Waals surface area contributed by atoms with Crippen LogP contribution >= 0.6 is 0 Å². The molecule has 0 amide bonds. The minimum atomic E-state index is -3.18. The Hall–Kier alpha value is -1.08. The fraction of sp³-hybridized carbons (Fsp3) is 0.308. The van der Waals surface area contributed by atoms with Gasteiger partial charge >= 0.3 is 33.9 Å². The number of benzene rings is 1. The van der Waals surface area contributed by atoms with Gasteiger partial charge in [-0.2, -0.15) is 0 Å². The quantitative estimate of drug-likeness (QED) is 0.581. The van der Waals surface area contributed by atoms with E-state index >= 15 is 0 Å². The van der Waals surface area contributed by atoms with Crippen LogP contribution in [-0.4, -0.2) is 13.2 Å². The molecule has 7 heteroatoms. The molecule has 0 atom stereocenters. The van der Waals surface area contributed by atoms with Gasteiger partial charge in [-0.25, -0.2) is 8.42 Å². The maximum absolute atomic E-state index is 11.9. The Bertz CT molecular complexity index is 481. The third-order valence-electron chi connectivity index (χ3n) is 1.86. The van der Waals surface area contributed by atoms with E-state index in [1.165, 1.54) is 0 Å². The van der Waals surface area contributed by atoms with Crippen LogP contribution in [0.2, 0.25) is 0 Å². The summed E-state index contributed by atoms with van der Waals surface area (Å²) in [6.45, 7) is 18.6. The van der Waals surface area contributed by atoms with Crippen molar-refractivity contribution in [2.24, 2.45) is 0 Å². The van der Waals surface area contributed by atoms with Gasteiger partial charge in [-0.05, 0) is 32.9 Å². The van der Waals surface area contributed by atoms with Crippen molar-refractivity contribution in [3.8, 4) is 0 Å². The first-order valence-corrected chi connectivity index (χ1v) is 6.25. The van der Waals surface area contributed by atoms with E-state index in [1.807, 2.05) is 6.07 Å². The third-order valence-corrected chi connectivity index (χ3v) is 4.36. The average molecular weight is 334 g/mol. The zero-order chi connectivity index (χ0) is 16.1. The molecule has 0 saturated carbocycles. The summed E-state index contributed by atoms with van der Waals surface area (Å²) < 4.78 is 45.5. The molecular weight excluding hydrogens is 320 g/mol. The van der Waals surface area contributed by atoms with Crippen molar-refractivity contribution in [3.05, 3.63) is 50.3 Å². The minimum Gasteiger partial charge on any atom is 0 e. The summed E-state index contributed by atoms with van der Waals surface area (Å²) in [5, 5.41) is 0. The first-order chi connectivity index (χ1) is 8.86. The first kappa shape index (κ1) is 27.3. The van der Waals surface area contributed by atoms with Crippen molar-refractivity contribution in [2.45, 2.75) is 30.4 Å². The molecule has 0 aliphatic carbocycles. The van der Waals surface area contributed by atoms with Crippen molar-refractivity contribution in [3.63, 3.8) is 0 Å². The van der Waals surface area contributed by atoms with E-state index < -0.39 is 14.6 Å². The second-order valence-electron chi connectivity index (χ2n) is 3.93. The number of rotatable bonds is 1. The summed E-state index contributed by atoms with van der Waals surface area (Å²) in [4.78, 5) is 0.391. The van der Waals surface area contributed by atoms with Gasteiger partial charge in [-0.1, -0.05) is 18.2 Å². The van der Waals surface area contributed by atoms with Gasteiger partial charge in [0.2, 0.25) is 0 Å². The van der Waals surface area contributed by atoms with Gasteiger partial charge in [0, 0.05) is 17.4 Å². The van der Waals surface area contributed by atoms with Crippen LogP contribution in [0.5, 0.6) is 0 Å². The fourth-order valence-electron chi connectivity index (χ4n) is 0.953. The molecule has 0 unspecified atom stereocenters. The Morgan fingerprint density at radius 3 is 1.40 bits per heavy atom. The van der Waals surface area contributed by atoms with E-state index in [0.29, 0.717) is 4.90 Å². The Kier molecular flexibility index (Phi) is 19.6. The Morgan fingerprint density at radius 1 is 0.850 bits per heavy atom. The standard InChI is InChI=1S/C10H14O2S.3CO.Cr/c1-10(2,3)13(11,12)9-7-5-4-6-8-9;3*1-2;/h4-8H,1-3H3;;;;. The molecule has 0 heterocycles. The second-order valence-corrected chi connectivity index (χ2v) is 6.63. The van der Waals surface area contributed by atoms with Gasteiger partial charge in [0.15, 0.2) is 9.84 Å². The molecule has 0 N–H and O–H groups in total. The van der Waals surface area contributed by atoms with Crippen LogP contribution in [0.15, 0.2) is 35.2 Å². The predicted molar refractivity (Wildman–Crippen MR) is 65.2 cm³/mol. The van der Waals surface area contributed by atoms with E-state index in [2.05, 4.69) is 20.0 Å². The molecule has 108 valence electrons. The molecule has 20 heavy (non-hydrogen) atoms. The van der Waals surface area contributed by atoms with Crippen LogP contribution in [-0.2, 0) is 41.2 Å². The number of hydrogen-bond acceptors (Lipinski definition) is 2. The van der Waals surface area contributed by atoms with Gasteiger partial charge in [-0.3, -0.25) is 0 Å². The maximum Gasteiger partial charge on any atom is 0 e. The second kappa shape index (κ2) is 14.3. The Labute approximate surface area is 130 Å². The SMILES string of the molecule is CC(C)(C)S(=O)(=O)c1ccccc1.[C-]#[O+].[C-]#[O+].[C-]#[O+].[Cr]. The summed E-state index contributed by atoms with van der Waals surface area (Å²) in [6.07, 6.45) is 0. The normalized spacial score (nSPS) is 8.65. The molecule has 0 aromatic heterocycles. The molecule has 0 saturated heterocycles. The van der Waals surface area contributed by atoms with Crippen molar-refractivity contribution in [1.29, 1.82) is 0 Å². The van der Waals surface area contributed by atoms with Gasteiger partial charge < -0.3 is 0 Å². The van der Waals surface area contributed by atoms with Gasteiger partial charge in [-0.15, -0.1) is 0 Å². The van der Waals surface area contributed by atoms with E-state index in [-0.39, 0.29) is 17.4 Å². The Balaban J connectivity index is -0.000000162. The van der Waals surface area contributed by atoms with Gasteiger partial charge in [0.25, 0.3) is 0 Å². The summed E-state index contributed by atoms with van der Waals surface area (Å²) in [5.74, 6) is 0. The van der Waals surface area contributed by atoms with Crippen LogP contribution in [0, 0.1) is 20.0 Å². The molecule has 0 spiro atoms. The van der Waals surface area contributed by atoms with Gasteiger partial charge in [0.05, 0.1) is 9.64 Å². The maximum atomic E-state index is 11.9. The molecule has 1 rings (SSSR count). The van der Waals surface area contributed by atoms with Crippen LogP contribution in [0.25, 0.3) is 0 Å². The predicted octanol–water partition coefficient (Wildman–Crippen LogP) is 2.14. The third kappa shape index (κ3) is 8.93. The minimum absolute atomic E-state index is 0. The topological polar surface area (TPSA) is 93.8 Å². The van der Waals surface area contributed by atoms with Crippen LogP contribution in [0.1, 0.15) is 20.8 Å². The summed E-state index contributed by atoms with van der Waals surface area (Å²) in [6, 6.07) is 8.53. The van der Waals surface area contributed by atoms with Crippen LogP contribution in [0.4, 0.5) is 0 Å². The molecule has 0 bridgehead atoms. The first-order valence-electron chi connectivity index (χ1n) is 4.76. The fourth-order valence-corrected chi connectivity index (χ4v) is 2.18. The number of hydrogen-bond donors (Lipinski definition) is 0. The molecule has 1 aromatic carbocycles. The summed E-state index contributed by atoms with van der Waals surface area (Å²) >= 11 is 0. The monoisotopic (exact) mass is 334 g/mol. The van der Waals surface area contributed by atoms with Crippen molar-refractivity contribution in [1.82, 2.24) is 0 Å². The largest absolute Gasteiger partial charge is 0 e. The zero-order valence-electron chi connectivity index (χ0n) is 11.2. The molecule has 0 radical (unpaired) electrons. The van der Waals surface area contributed by atoms with E-state index in [4.69, 9.17) is 14.0 Å². The van der Waals surface area contributed by atoms with Crippen LogP contribution in [0.3, 0.4) is 0 Å². The molecule has 1 aromatic rings. The zero-order valence-corrected chi connectivity index (χ0v) is 13.3. The summed E-state index contributed by atoms with van der Waals surface area (Å²) in [7, 11) is -3.18. The molecule has 0 fully saturated rings.